The molecule has 8 heteroatoms. The average Bonchev–Trinajstić information content (AvgIpc) is 2.53. The third kappa shape index (κ3) is 12.2. The number of aliphatic hydroxyl groups is 1. The maximum atomic E-state index is 12.2. The molecule has 0 saturated carbocycles. The van der Waals surface area contributed by atoms with Crippen molar-refractivity contribution >= 4 is 18.0 Å². The number of aliphatic carboxylic acids is 1. The second-order valence-corrected chi connectivity index (χ2v) is 7.86. The van der Waals surface area contributed by atoms with Crippen molar-refractivity contribution in [1.82, 2.24) is 10.6 Å². The van der Waals surface area contributed by atoms with Crippen molar-refractivity contribution in [1.29, 1.82) is 0 Å². The first-order valence-corrected chi connectivity index (χ1v) is 9.66. The fraction of sp³-hybridized carbons (Fsp3) is 0.842. The number of ether oxygens (including phenoxy) is 1. The number of carboxylic acids is 1. The van der Waals surface area contributed by atoms with E-state index in [-0.39, 0.29) is 6.54 Å². The first kappa shape index (κ1) is 25.2. The molecule has 0 heterocycles. The lowest BCUT2D eigenvalue weighted by Crippen LogP contribution is -2.50. The van der Waals surface area contributed by atoms with E-state index in [0.717, 1.165) is 19.3 Å². The lowest BCUT2D eigenvalue weighted by molar-refractivity contribution is -0.145. The number of amides is 2. The number of unbranched alkanes of at least 4 members (excludes halogenated alkanes) is 3. The third-order valence-corrected chi connectivity index (χ3v) is 4.00. The molecule has 0 aliphatic heterocycles. The molecule has 0 aromatic heterocycles. The molecule has 0 spiro atoms. The highest BCUT2D eigenvalue weighted by molar-refractivity contribution is 5.85. The molecule has 2 amide bonds. The van der Waals surface area contributed by atoms with Gasteiger partial charge in [0.15, 0.2) is 6.04 Å². The van der Waals surface area contributed by atoms with Crippen molar-refractivity contribution in [2.75, 3.05) is 6.54 Å². The van der Waals surface area contributed by atoms with Gasteiger partial charge in [-0.25, -0.2) is 9.59 Å². The van der Waals surface area contributed by atoms with Crippen LogP contribution in [-0.2, 0) is 14.3 Å². The Morgan fingerprint density at radius 1 is 1.07 bits per heavy atom. The van der Waals surface area contributed by atoms with E-state index in [9.17, 15) is 24.6 Å². The van der Waals surface area contributed by atoms with Crippen LogP contribution in [0.1, 0.15) is 73.1 Å². The Kier molecular flexibility index (Phi) is 11.7. The van der Waals surface area contributed by atoms with E-state index in [1.807, 2.05) is 0 Å². The van der Waals surface area contributed by atoms with E-state index in [0.29, 0.717) is 19.3 Å². The molecule has 0 unspecified atom stereocenters. The largest absolute Gasteiger partial charge is 0.480 e. The molecule has 4 N–H and O–H groups in total. The molecule has 0 aromatic rings. The molecule has 0 radical (unpaired) electrons. The van der Waals surface area contributed by atoms with Crippen LogP contribution >= 0.6 is 0 Å². The summed E-state index contributed by atoms with van der Waals surface area (Å²) in [5.74, 6) is -2.25. The maximum Gasteiger partial charge on any atom is 0.407 e. The Balaban J connectivity index is 4.38. The summed E-state index contributed by atoms with van der Waals surface area (Å²) in [4.78, 5) is 35.2. The molecule has 27 heavy (non-hydrogen) atoms. The minimum atomic E-state index is -1.33. The summed E-state index contributed by atoms with van der Waals surface area (Å²) < 4.78 is 5.10. The second kappa shape index (κ2) is 12.5. The molecule has 3 atom stereocenters. The van der Waals surface area contributed by atoms with Crippen molar-refractivity contribution in [3.05, 3.63) is 0 Å². The maximum absolute atomic E-state index is 12.2. The Morgan fingerprint density at radius 3 is 2.22 bits per heavy atom. The van der Waals surface area contributed by atoms with Crippen LogP contribution in [-0.4, -0.2) is 52.5 Å². The summed E-state index contributed by atoms with van der Waals surface area (Å²) in [5, 5.41) is 24.3. The number of hydrogen-bond donors (Lipinski definition) is 4. The first-order chi connectivity index (χ1) is 12.5. The summed E-state index contributed by atoms with van der Waals surface area (Å²) in [6.07, 6.45) is 2.65. The summed E-state index contributed by atoms with van der Waals surface area (Å²) in [6.45, 7) is 9.18. The predicted octanol–water partition coefficient (Wildman–Crippen LogP) is 2.44. The van der Waals surface area contributed by atoms with Crippen LogP contribution in [0.25, 0.3) is 0 Å². The van der Waals surface area contributed by atoms with E-state index < -0.39 is 41.6 Å². The normalized spacial score (nSPS) is 14.7. The molecule has 0 aliphatic rings. The van der Waals surface area contributed by atoms with Gasteiger partial charge in [0.25, 0.3) is 0 Å². The summed E-state index contributed by atoms with van der Waals surface area (Å²) in [6, 6.07) is -1.33. The quantitative estimate of drug-likeness (QED) is 0.381. The van der Waals surface area contributed by atoms with Gasteiger partial charge in [-0.1, -0.05) is 39.5 Å². The van der Waals surface area contributed by atoms with Crippen molar-refractivity contribution < 1.29 is 29.3 Å². The fourth-order valence-electron chi connectivity index (χ4n) is 2.40. The van der Waals surface area contributed by atoms with E-state index in [4.69, 9.17) is 4.74 Å². The van der Waals surface area contributed by atoms with Crippen LogP contribution < -0.4 is 10.6 Å². The minimum Gasteiger partial charge on any atom is -0.480 e. The molecule has 0 bridgehead atoms. The Hall–Kier alpha value is -1.83. The smallest absolute Gasteiger partial charge is 0.407 e. The van der Waals surface area contributed by atoms with Gasteiger partial charge in [0.2, 0.25) is 5.91 Å². The van der Waals surface area contributed by atoms with Crippen LogP contribution in [0.15, 0.2) is 0 Å². The third-order valence-electron chi connectivity index (χ3n) is 4.00. The molecule has 0 saturated heterocycles. The number of rotatable bonds is 12. The standard InChI is InChI=1S/C19H36N2O6/c1-6-7-8-9-10-14(22)15(17(24)25)21-16(23)13(2)11-12-20-18(26)27-19(3,4)5/h13-15,22H,6-12H2,1-5H3,(H,20,26)(H,21,23)(H,24,25)/t13-,14+,15-/m0/s1. The highest BCUT2D eigenvalue weighted by Crippen LogP contribution is 2.11. The topological polar surface area (TPSA) is 125 Å². The first-order valence-electron chi connectivity index (χ1n) is 9.66. The van der Waals surface area contributed by atoms with Gasteiger partial charge >= 0.3 is 12.1 Å². The van der Waals surface area contributed by atoms with E-state index >= 15 is 0 Å². The molecule has 0 fully saturated rings. The van der Waals surface area contributed by atoms with Gasteiger partial charge in [0.05, 0.1) is 6.10 Å². The van der Waals surface area contributed by atoms with Gasteiger partial charge in [-0.3, -0.25) is 4.79 Å². The highest BCUT2D eigenvalue weighted by atomic mass is 16.6. The number of nitrogens with one attached hydrogen (secondary N) is 2. The van der Waals surface area contributed by atoms with Crippen molar-refractivity contribution in [3.8, 4) is 0 Å². The van der Waals surface area contributed by atoms with Crippen LogP contribution in [0.4, 0.5) is 4.79 Å². The van der Waals surface area contributed by atoms with E-state index in [1.54, 1.807) is 27.7 Å². The number of hydrogen-bond acceptors (Lipinski definition) is 5. The summed E-state index contributed by atoms with van der Waals surface area (Å²) >= 11 is 0. The van der Waals surface area contributed by atoms with Gasteiger partial charge in [0.1, 0.15) is 5.60 Å². The molecule has 8 nitrogen and oxygen atoms in total. The Morgan fingerprint density at radius 2 is 1.70 bits per heavy atom. The molecule has 0 aliphatic carbocycles. The van der Waals surface area contributed by atoms with Crippen LogP contribution in [0.3, 0.4) is 0 Å². The van der Waals surface area contributed by atoms with Crippen molar-refractivity contribution in [3.63, 3.8) is 0 Å². The zero-order chi connectivity index (χ0) is 21.0. The molecule has 0 rings (SSSR count). The number of alkyl carbamates (subject to hydrolysis) is 1. The van der Waals surface area contributed by atoms with Crippen LogP contribution in [0.5, 0.6) is 0 Å². The van der Waals surface area contributed by atoms with Gasteiger partial charge < -0.3 is 25.6 Å². The number of carbonyl (C=O) groups is 3. The van der Waals surface area contributed by atoms with E-state index in [1.165, 1.54) is 0 Å². The molecule has 0 aromatic carbocycles. The lowest BCUT2D eigenvalue weighted by Gasteiger charge is -2.23. The summed E-state index contributed by atoms with van der Waals surface area (Å²) in [7, 11) is 0. The second-order valence-electron chi connectivity index (χ2n) is 7.86. The number of aliphatic hydroxyl groups excluding tert-OH is 1. The number of carbonyl (C=O) groups excluding carboxylic acids is 2. The fourth-order valence-corrected chi connectivity index (χ4v) is 2.40. The summed E-state index contributed by atoms with van der Waals surface area (Å²) in [5.41, 5.74) is -0.602. The Labute approximate surface area is 162 Å². The molecule has 158 valence electrons. The molecular formula is C19H36N2O6. The zero-order valence-electron chi connectivity index (χ0n) is 17.2. The van der Waals surface area contributed by atoms with Gasteiger partial charge in [-0.2, -0.15) is 0 Å². The highest BCUT2D eigenvalue weighted by Gasteiger charge is 2.29. The van der Waals surface area contributed by atoms with Crippen molar-refractivity contribution in [2.45, 2.75) is 90.9 Å². The van der Waals surface area contributed by atoms with Gasteiger partial charge in [0, 0.05) is 12.5 Å². The SMILES string of the molecule is CCCCCC[C@@H](O)[C@H](NC(=O)[C@@H](C)CCNC(=O)OC(C)(C)C)C(=O)O. The lowest BCUT2D eigenvalue weighted by atomic mass is 10.0. The van der Waals surface area contributed by atoms with Crippen molar-refractivity contribution in [2.24, 2.45) is 5.92 Å². The predicted molar refractivity (Wildman–Crippen MR) is 102 cm³/mol. The van der Waals surface area contributed by atoms with Gasteiger partial charge in [-0.15, -0.1) is 0 Å². The van der Waals surface area contributed by atoms with Crippen LogP contribution in [0, 0.1) is 5.92 Å². The number of carboxylic acid groups (broad SMARTS) is 1. The minimum absolute atomic E-state index is 0.223. The zero-order valence-corrected chi connectivity index (χ0v) is 17.2. The van der Waals surface area contributed by atoms with Gasteiger partial charge in [-0.05, 0) is 33.6 Å². The monoisotopic (exact) mass is 388 g/mol. The average molecular weight is 389 g/mol. The van der Waals surface area contributed by atoms with Crippen LogP contribution in [0.2, 0.25) is 0 Å². The molecular weight excluding hydrogens is 352 g/mol. The Bertz CT molecular complexity index is 475. The van der Waals surface area contributed by atoms with E-state index in [2.05, 4.69) is 17.6 Å².